The number of hydrogen-bond acceptors (Lipinski definition) is 7. The highest BCUT2D eigenvalue weighted by molar-refractivity contribution is 5.93. The van der Waals surface area contributed by atoms with Gasteiger partial charge in [0.1, 0.15) is 18.0 Å². The maximum Gasteiger partial charge on any atom is 0.338 e. The molecule has 0 saturated carbocycles. The third kappa shape index (κ3) is 5.72. The number of likely N-dealkylation sites (N-methyl/N-ethyl adjacent to an activating group) is 1. The van der Waals surface area contributed by atoms with Crippen LogP contribution in [0.5, 0.6) is 0 Å². The first-order valence-corrected chi connectivity index (χ1v) is 10.2. The Hall–Kier alpha value is -3.68. The number of ether oxygens (including phenoxy) is 1. The molecule has 0 aliphatic carbocycles. The van der Waals surface area contributed by atoms with Gasteiger partial charge in [0.2, 0.25) is 11.6 Å². The van der Waals surface area contributed by atoms with Crippen LogP contribution < -0.4 is 15.8 Å². The summed E-state index contributed by atoms with van der Waals surface area (Å²) in [6.07, 6.45) is 0. The zero-order valence-electron chi connectivity index (χ0n) is 18.9. The van der Waals surface area contributed by atoms with Crippen LogP contribution >= 0.6 is 0 Å². The van der Waals surface area contributed by atoms with Gasteiger partial charge in [0.25, 0.3) is 0 Å². The molecule has 0 spiro atoms. The number of aromatic nitrogens is 1. The zero-order valence-corrected chi connectivity index (χ0v) is 18.9. The Labute approximate surface area is 186 Å². The van der Waals surface area contributed by atoms with Crippen molar-refractivity contribution >= 4 is 28.8 Å². The fourth-order valence-electron chi connectivity index (χ4n) is 3.25. The molecule has 0 bridgehead atoms. The normalized spacial score (nSPS) is 11.3. The van der Waals surface area contributed by atoms with Crippen LogP contribution in [-0.2, 0) is 14.3 Å². The molecule has 0 aliphatic rings. The van der Waals surface area contributed by atoms with Crippen LogP contribution in [0.15, 0.2) is 51.7 Å². The molecule has 2 aromatic heterocycles. The lowest BCUT2D eigenvalue weighted by atomic mass is 9.99. The lowest BCUT2D eigenvalue weighted by Gasteiger charge is -2.20. The lowest BCUT2D eigenvalue weighted by molar-refractivity contribution is -0.154. The van der Waals surface area contributed by atoms with E-state index in [1.165, 1.54) is 6.07 Å². The van der Waals surface area contributed by atoms with Crippen LogP contribution in [0.3, 0.4) is 0 Å². The van der Waals surface area contributed by atoms with Gasteiger partial charge >= 0.3 is 11.6 Å². The third-order valence-electron chi connectivity index (χ3n) is 4.65. The van der Waals surface area contributed by atoms with Crippen LogP contribution in [0.1, 0.15) is 26.3 Å². The quantitative estimate of drug-likeness (QED) is 0.591. The minimum Gasteiger partial charge on any atom is -0.459 e. The lowest BCUT2D eigenvalue weighted by Crippen LogP contribution is -2.39. The average molecular weight is 437 g/mol. The SMILES string of the molecule is Cc1ccccc1-c1cc(=O)oc2nc(N(C)CC(=O)NCC(=O)OC(C)(C)C)ccc12. The minimum absolute atomic E-state index is 0.0387. The summed E-state index contributed by atoms with van der Waals surface area (Å²) in [6, 6.07) is 12.8. The van der Waals surface area contributed by atoms with Crippen molar-refractivity contribution in [1.29, 1.82) is 0 Å². The fourth-order valence-corrected chi connectivity index (χ4v) is 3.25. The van der Waals surface area contributed by atoms with Crippen molar-refractivity contribution in [3.8, 4) is 11.1 Å². The van der Waals surface area contributed by atoms with E-state index in [4.69, 9.17) is 9.15 Å². The zero-order chi connectivity index (χ0) is 23.5. The molecule has 1 aromatic carbocycles. The van der Waals surface area contributed by atoms with Gasteiger partial charge < -0.3 is 19.4 Å². The highest BCUT2D eigenvalue weighted by Gasteiger charge is 2.18. The monoisotopic (exact) mass is 437 g/mol. The van der Waals surface area contributed by atoms with E-state index in [1.54, 1.807) is 38.8 Å². The predicted molar refractivity (Wildman–Crippen MR) is 123 cm³/mol. The summed E-state index contributed by atoms with van der Waals surface area (Å²) in [5.41, 5.74) is 1.77. The van der Waals surface area contributed by atoms with Gasteiger partial charge in [-0.25, -0.2) is 4.79 Å². The molecule has 8 nitrogen and oxygen atoms in total. The van der Waals surface area contributed by atoms with Gasteiger partial charge in [-0.05, 0) is 51.0 Å². The Balaban J connectivity index is 1.77. The number of fused-ring (bicyclic) bond motifs is 1. The van der Waals surface area contributed by atoms with Crippen LogP contribution in [0, 0.1) is 6.92 Å². The topological polar surface area (TPSA) is 102 Å². The highest BCUT2D eigenvalue weighted by Crippen LogP contribution is 2.29. The first-order chi connectivity index (χ1) is 15.0. The molecule has 1 N–H and O–H groups in total. The van der Waals surface area contributed by atoms with Crippen molar-refractivity contribution in [2.24, 2.45) is 0 Å². The molecular weight excluding hydrogens is 410 g/mol. The molecule has 2 heterocycles. The maximum atomic E-state index is 12.2. The molecule has 0 fully saturated rings. The summed E-state index contributed by atoms with van der Waals surface area (Å²) >= 11 is 0. The highest BCUT2D eigenvalue weighted by atomic mass is 16.6. The number of nitrogens with zero attached hydrogens (tertiary/aromatic N) is 2. The Morgan fingerprint density at radius 2 is 1.84 bits per heavy atom. The molecule has 8 heteroatoms. The van der Waals surface area contributed by atoms with Crippen molar-refractivity contribution in [2.45, 2.75) is 33.3 Å². The molecule has 168 valence electrons. The van der Waals surface area contributed by atoms with Gasteiger partial charge in [-0.15, -0.1) is 0 Å². The summed E-state index contributed by atoms with van der Waals surface area (Å²) < 4.78 is 10.5. The first kappa shape index (κ1) is 23.0. The summed E-state index contributed by atoms with van der Waals surface area (Å²) in [4.78, 5) is 42.2. The van der Waals surface area contributed by atoms with Gasteiger partial charge in [0.05, 0.1) is 6.54 Å². The molecule has 3 rings (SSSR count). The summed E-state index contributed by atoms with van der Waals surface area (Å²) in [6.45, 7) is 6.99. The molecule has 0 atom stereocenters. The van der Waals surface area contributed by atoms with E-state index in [2.05, 4.69) is 10.3 Å². The fraction of sp³-hybridized carbons (Fsp3) is 0.333. The maximum absolute atomic E-state index is 12.2. The number of aryl methyl sites for hydroxylation is 1. The Kier molecular flexibility index (Phi) is 6.62. The van der Waals surface area contributed by atoms with Gasteiger partial charge in [-0.3, -0.25) is 9.59 Å². The van der Waals surface area contributed by atoms with Gasteiger partial charge in [-0.2, -0.15) is 4.98 Å². The molecular formula is C24H27N3O5. The molecule has 0 aliphatic heterocycles. The molecule has 0 radical (unpaired) electrons. The second-order valence-electron chi connectivity index (χ2n) is 8.54. The van der Waals surface area contributed by atoms with E-state index in [9.17, 15) is 14.4 Å². The van der Waals surface area contributed by atoms with Crippen LogP contribution in [0.25, 0.3) is 22.2 Å². The molecule has 0 unspecified atom stereocenters. The van der Waals surface area contributed by atoms with E-state index in [-0.39, 0.29) is 24.7 Å². The van der Waals surface area contributed by atoms with E-state index in [0.29, 0.717) is 11.2 Å². The largest absolute Gasteiger partial charge is 0.459 e. The summed E-state index contributed by atoms with van der Waals surface area (Å²) in [5, 5.41) is 3.23. The standard InChI is InChI=1S/C24H27N3O5/c1-15-8-6-7-9-16(15)18-12-21(29)31-23-17(18)10-11-19(26-23)27(5)14-20(28)25-13-22(30)32-24(2,3)4/h6-12H,13-14H2,1-5H3,(H,25,28). The van der Waals surface area contributed by atoms with Crippen molar-refractivity contribution < 1.29 is 18.7 Å². The van der Waals surface area contributed by atoms with E-state index >= 15 is 0 Å². The average Bonchev–Trinajstić information content (AvgIpc) is 2.70. The van der Waals surface area contributed by atoms with Gasteiger partial charge in [0.15, 0.2) is 0 Å². The van der Waals surface area contributed by atoms with Crippen molar-refractivity contribution in [3.63, 3.8) is 0 Å². The predicted octanol–water partition coefficient (Wildman–Crippen LogP) is 3.06. The number of anilines is 1. The Bertz CT molecular complexity index is 1210. The van der Waals surface area contributed by atoms with E-state index in [0.717, 1.165) is 16.7 Å². The van der Waals surface area contributed by atoms with Gasteiger partial charge in [0, 0.05) is 24.1 Å². The van der Waals surface area contributed by atoms with Crippen molar-refractivity contribution in [1.82, 2.24) is 10.3 Å². The number of rotatable bonds is 6. The third-order valence-corrected chi connectivity index (χ3v) is 4.65. The summed E-state index contributed by atoms with van der Waals surface area (Å²) in [7, 11) is 1.69. The van der Waals surface area contributed by atoms with Crippen molar-refractivity contribution in [2.75, 3.05) is 25.0 Å². The van der Waals surface area contributed by atoms with Crippen LogP contribution in [-0.4, -0.2) is 42.6 Å². The van der Waals surface area contributed by atoms with Gasteiger partial charge in [-0.1, -0.05) is 24.3 Å². The molecule has 1 amide bonds. The van der Waals surface area contributed by atoms with Crippen LogP contribution in [0.4, 0.5) is 5.82 Å². The number of hydrogen-bond donors (Lipinski definition) is 1. The van der Waals surface area contributed by atoms with Crippen molar-refractivity contribution in [3.05, 3.63) is 58.4 Å². The number of esters is 1. The molecule has 0 saturated heterocycles. The second kappa shape index (κ2) is 9.21. The summed E-state index contributed by atoms with van der Waals surface area (Å²) in [5.74, 6) is -0.423. The number of benzene rings is 1. The smallest absolute Gasteiger partial charge is 0.338 e. The van der Waals surface area contributed by atoms with E-state index < -0.39 is 17.2 Å². The van der Waals surface area contributed by atoms with Crippen LogP contribution in [0.2, 0.25) is 0 Å². The number of carbonyl (C=O) groups excluding carboxylic acids is 2. The Morgan fingerprint density at radius 3 is 2.53 bits per heavy atom. The second-order valence-corrected chi connectivity index (χ2v) is 8.54. The van der Waals surface area contributed by atoms with E-state index in [1.807, 2.05) is 37.3 Å². The molecule has 3 aromatic rings. The number of amides is 1. The Morgan fingerprint density at radius 1 is 1.12 bits per heavy atom. The molecule has 32 heavy (non-hydrogen) atoms. The number of carbonyl (C=O) groups is 2. The number of nitrogens with one attached hydrogen (secondary N) is 1. The minimum atomic E-state index is -0.616. The first-order valence-electron chi connectivity index (χ1n) is 10.2. The number of pyridine rings is 1.